The Bertz CT molecular complexity index is 313. The van der Waals surface area contributed by atoms with Gasteiger partial charge in [0.25, 0.3) is 0 Å². The molecule has 1 amide bonds. The molecule has 0 aliphatic heterocycles. The fourth-order valence-electron chi connectivity index (χ4n) is 1.33. The number of carbonyl (C=O) groups excluding carboxylic acids is 1. The highest BCUT2D eigenvalue weighted by Gasteiger charge is 2.10. The second-order valence-electron chi connectivity index (χ2n) is 3.46. The minimum absolute atomic E-state index is 0.0405. The zero-order valence-corrected chi connectivity index (χ0v) is 9.35. The molecular formula is C12H17NO3. The number of benzene rings is 1. The van der Waals surface area contributed by atoms with Crippen molar-refractivity contribution in [2.45, 2.75) is 25.8 Å². The number of nitrogens with one attached hydrogen (secondary N) is 1. The van der Waals surface area contributed by atoms with Crippen LogP contribution in [0.2, 0.25) is 0 Å². The highest BCUT2D eigenvalue weighted by molar-refractivity contribution is 5.70. The van der Waals surface area contributed by atoms with E-state index in [-0.39, 0.29) is 12.6 Å². The van der Waals surface area contributed by atoms with Crippen LogP contribution >= 0.6 is 0 Å². The zero-order valence-electron chi connectivity index (χ0n) is 9.35. The van der Waals surface area contributed by atoms with Crippen molar-refractivity contribution < 1.29 is 14.6 Å². The van der Waals surface area contributed by atoms with Gasteiger partial charge in [-0.2, -0.15) is 0 Å². The van der Waals surface area contributed by atoms with E-state index in [1.165, 1.54) is 0 Å². The summed E-state index contributed by atoms with van der Waals surface area (Å²) < 4.78 is 5.06. The molecule has 0 saturated carbocycles. The molecule has 1 aromatic carbocycles. The normalized spacial score (nSPS) is 11.9. The molecule has 16 heavy (non-hydrogen) atoms. The van der Waals surface area contributed by atoms with Gasteiger partial charge in [-0.15, -0.1) is 0 Å². The van der Waals surface area contributed by atoms with E-state index in [4.69, 9.17) is 9.84 Å². The maximum atomic E-state index is 11.4. The van der Waals surface area contributed by atoms with Crippen molar-refractivity contribution in [2.75, 3.05) is 6.61 Å². The highest BCUT2D eigenvalue weighted by Crippen LogP contribution is 2.08. The molecule has 2 N–H and O–H groups in total. The van der Waals surface area contributed by atoms with Crippen molar-refractivity contribution in [1.29, 1.82) is 0 Å². The van der Waals surface area contributed by atoms with Gasteiger partial charge >= 0.3 is 6.09 Å². The van der Waals surface area contributed by atoms with Crippen LogP contribution in [0.3, 0.4) is 0 Å². The molecule has 0 radical (unpaired) electrons. The minimum Gasteiger partial charge on any atom is -0.410 e. The van der Waals surface area contributed by atoms with E-state index in [1.54, 1.807) is 24.3 Å². The van der Waals surface area contributed by atoms with Crippen LogP contribution in [0, 0.1) is 0 Å². The average molecular weight is 223 g/mol. The second-order valence-corrected chi connectivity index (χ2v) is 3.46. The van der Waals surface area contributed by atoms with Gasteiger partial charge in [-0.3, -0.25) is 0 Å². The monoisotopic (exact) mass is 223 g/mol. The lowest BCUT2D eigenvalue weighted by atomic mass is 10.2. The summed E-state index contributed by atoms with van der Waals surface area (Å²) in [4.78, 5) is 11.4. The van der Waals surface area contributed by atoms with E-state index in [2.05, 4.69) is 5.32 Å². The Morgan fingerprint density at radius 1 is 1.44 bits per heavy atom. The molecule has 4 nitrogen and oxygen atoms in total. The summed E-state index contributed by atoms with van der Waals surface area (Å²) in [6.45, 7) is 2.01. The topological polar surface area (TPSA) is 58.6 Å². The summed E-state index contributed by atoms with van der Waals surface area (Å²) in [5, 5.41) is 11.5. The molecule has 4 heteroatoms. The van der Waals surface area contributed by atoms with Crippen molar-refractivity contribution in [3.63, 3.8) is 0 Å². The molecule has 0 aliphatic carbocycles. The molecule has 0 saturated heterocycles. The van der Waals surface area contributed by atoms with Crippen LogP contribution in [0.4, 0.5) is 4.79 Å². The van der Waals surface area contributed by atoms with Gasteiger partial charge in [0, 0.05) is 12.6 Å². The third-order valence-corrected chi connectivity index (χ3v) is 2.25. The number of para-hydroxylation sites is 1. The Labute approximate surface area is 95.2 Å². The van der Waals surface area contributed by atoms with Crippen molar-refractivity contribution in [1.82, 2.24) is 5.32 Å². The van der Waals surface area contributed by atoms with Crippen LogP contribution in [-0.2, 0) is 0 Å². The number of hydrogen-bond acceptors (Lipinski definition) is 3. The summed E-state index contributed by atoms with van der Waals surface area (Å²) in [6, 6.07) is 8.84. The Morgan fingerprint density at radius 2 is 2.12 bits per heavy atom. The van der Waals surface area contributed by atoms with Gasteiger partial charge in [0.15, 0.2) is 0 Å². The molecule has 1 unspecified atom stereocenters. The van der Waals surface area contributed by atoms with Crippen LogP contribution in [0.25, 0.3) is 0 Å². The second kappa shape index (κ2) is 6.85. The molecule has 1 rings (SSSR count). The van der Waals surface area contributed by atoms with Crippen LogP contribution in [-0.4, -0.2) is 23.8 Å². The molecule has 0 spiro atoms. The van der Waals surface area contributed by atoms with Crippen molar-refractivity contribution in [2.24, 2.45) is 0 Å². The third-order valence-electron chi connectivity index (χ3n) is 2.25. The van der Waals surface area contributed by atoms with Crippen molar-refractivity contribution >= 4 is 6.09 Å². The molecule has 0 aliphatic rings. The largest absolute Gasteiger partial charge is 0.412 e. The number of aliphatic hydroxyl groups excluding tert-OH is 1. The van der Waals surface area contributed by atoms with E-state index in [0.717, 1.165) is 6.42 Å². The average Bonchev–Trinajstić information content (AvgIpc) is 2.29. The van der Waals surface area contributed by atoms with Crippen LogP contribution in [0.15, 0.2) is 30.3 Å². The third kappa shape index (κ3) is 4.31. The molecule has 0 aromatic heterocycles. The lowest BCUT2D eigenvalue weighted by Gasteiger charge is -2.15. The Morgan fingerprint density at radius 3 is 2.69 bits per heavy atom. The molecule has 0 fully saturated rings. The lowest BCUT2D eigenvalue weighted by molar-refractivity contribution is 0.190. The quantitative estimate of drug-likeness (QED) is 0.802. The summed E-state index contributed by atoms with van der Waals surface area (Å²) in [6.07, 6.45) is 0.830. The number of hydrogen-bond donors (Lipinski definition) is 2. The smallest absolute Gasteiger partial charge is 0.410 e. The molecule has 1 atom stereocenters. The van der Waals surface area contributed by atoms with Gasteiger partial charge in [-0.25, -0.2) is 4.79 Å². The summed E-state index contributed by atoms with van der Waals surface area (Å²) in [7, 11) is 0. The standard InChI is InChI=1S/C12H17NO3/c1-2-10(8-9-14)13-12(15)16-11-6-4-3-5-7-11/h3-7,10,14H,2,8-9H2,1H3,(H,13,15). The van der Waals surface area contributed by atoms with Gasteiger partial charge in [0.05, 0.1) is 0 Å². The fourth-order valence-corrected chi connectivity index (χ4v) is 1.33. The predicted molar refractivity (Wildman–Crippen MR) is 61.4 cm³/mol. The number of amides is 1. The Kier molecular flexibility index (Phi) is 5.36. The minimum atomic E-state index is -0.480. The Balaban J connectivity index is 2.41. The van der Waals surface area contributed by atoms with E-state index in [1.807, 2.05) is 13.0 Å². The molecular weight excluding hydrogens is 206 g/mol. The number of rotatable bonds is 5. The molecule has 0 heterocycles. The van der Waals surface area contributed by atoms with E-state index in [0.29, 0.717) is 12.2 Å². The fraction of sp³-hybridized carbons (Fsp3) is 0.417. The van der Waals surface area contributed by atoms with E-state index in [9.17, 15) is 4.79 Å². The lowest BCUT2D eigenvalue weighted by Crippen LogP contribution is -2.37. The predicted octanol–water partition coefficient (Wildman–Crippen LogP) is 1.94. The summed E-state index contributed by atoms with van der Waals surface area (Å²) in [5.74, 6) is 0.513. The number of carbonyl (C=O) groups is 1. The van der Waals surface area contributed by atoms with Crippen molar-refractivity contribution in [3.8, 4) is 5.75 Å². The molecule has 1 aromatic rings. The van der Waals surface area contributed by atoms with Gasteiger partial charge in [0.1, 0.15) is 5.75 Å². The van der Waals surface area contributed by atoms with Gasteiger partial charge < -0.3 is 15.2 Å². The van der Waals surface area contributed by atoms with E-state index >= 15 is 0 Å². The molecule has 0 bridgehead atoms. The van der Waals surface area contributed by atoms with Crippen LogP contribution in [0.5, 0.6) is 5.75 Å². The number of aliphatic hydroxyl groups is 1. The first-order chi connectivity index (χ1) is 7.76. The molecule has 88 valence electrons. The highest BCUT2D eigenvalue weighted by atomic mass is 16.6. The maximum absolute atomic E-state index is 11.4. The van der Waals surface area contributed by atoms with Crippen molar-refractivity contribution in [3.05, 3.63) is 30.3 Å². The van der Waals surface area contributed by atoms with Gasteiger partial charge in [0.2, 0.25) is 0 Å². The summed E-state index contributed by atoms with van der Waals surface area (Å²) >= 11 is 0. The van der Waals surface area contributed by atoms with Gasteiger partial charge in [-0.1, -0.05) is 25.1 Å². The zero-order chi connectivity index (χ0) is 11.8. The summed E-state index contributed by atoms with van der Waals surface area (Å²) in [5.41, 5.74) is 0. The first kappa shape index (κ1) is 12.5. The Hall–Kier alpha value is -1.55. The van der Waals surface area contributed by atoms with Crippen LogP contribution < -0.4 is 10.1 Å². The number of ether oxygens (including phenoxy) is 1. The first-order valence-corrected chi connectivity index (χ1v) is 5.40. The van der Waals surface area contributed by atoms with Crippen LogP contribution in [0.1, 0.15) is 19.8 Å². The van der Waals surface area contributed by atoms with E-state index < -0.39 is 6.09 Å². The SMILES string of the molecule is CCC(CCO)NC(=O)Oc1ccccc1. The first-order valence-electron chi connectivity index (χ1n) is 5.40. The van der Waals surface area contributed by atoms with Gasteiger partial charge in [-0.05, 0) is 25.0 Å². The maximum Gasteiger partial charge on any atom is 0.412 e.